The second-order valence-electron chi connectivity index (χ2n) is 4.29. The summed E-state index contributed by atoms with van der Waals surface area (Å²) in [6.45, 7) is 1.57. The van der Waals surface area contributed by atoms with Crippen LogP contribution in [-0.4, -0.2) is 19.3 Å². The molecule has 0 radical (unpaired) electrons. The van der Waals surface area contributed by atoms with E-state index in [4.69, 9.17) is 5.14 Å². The minimum absolute atomic E-state index is 0.0240. The summed E-state index contributed by atoms with van der Waals surface area (Å²) in [5, 5.41) is 7.75. The van der Waals surface area contributed by atoms with Crippen LogP contribution in [0.1, 0.15) is 16.1 Å². The average Bonchev–Trinajstić information content (AvgIpc) is 2.40. The third-order valence-electron chi connectivity index (χ3n) is 2.80. The van der Waals surface area contributed by atoms with Crippen molar-refractivity contribution < 1.29 is 13.2 Å². The molecule has 3 N–H and O–H groups in total. The number of halogens is 1. The molecule has 0 saturated heterocycles. The molecule has 0 aliphatic rings. The molecule has 2 aromatic rings. The van der Waals surface area contributed by atoms with E-state index in [1.807, 2.05) is 0 Å². The number of nitrogens with one attached hydrogen (secondary N) is 1. The van der Waals surface area contributed by atoms with Gasteiger partial charge in [0.05, 0.1) is 4.90 Å². The second kappa shape index (κ2) is 5.92. The molecule has 0 saturated carbocycles. The van der Waals surface area contributed by atoms with Crippen LogP contribution in [-0.2, 0) is 10.0 Å². The van der Waals surface area contributed by atoms with E-state index in [1.165, 1.54) is 18.3 Å². The molecule has 2 rings (SSSR count). The summed E-state index contributed by atoms with van der Waals surface area (Å²) in [4.78, 5) is 16.0. The maximum absolute atomic E-state index is 12.1. The Bertz CT molecular complexity index is 789. The maximum atomic E-state index is 12.1. The van der Waals surface area contributed by atoms with E-state index in [-0.39, 0.29) is 10.6 Å². The summed E-state index contributed by atoms with van der Waals surface area (Å²) in [5.74, 6) is -0.433. The Hall–Kier alpha value is -1.77. The van der Waals surface area contributed by atoms with Gasteiger partial charge in [0.15, 0.2) is 0 Å². The van der Waals surface area contributed by atoms with E-state index in [0.29, 0.717) is 11.3 Å². The Morgan fingerprint density at radius 2 is 2.00 bits per heavy atom. The van der Waals surface area contributed by atoms with Crippen LogP contribution in [0.2, 0.25) is 0 Å². The number of benzene rings is 1. The molecule has 0 aliphatic carbocycles. The number of anilines is 1. The highest BCUT2D eigenvalue weighted by atomic mass is 79.9. The topological polar surface area (TPSA) is 102 Å². The fourth-order valence-electron chi connectivity index (χ4n) is 1.75. The summed E-state index contributed by atoms with van der Waals surface area (Å²) in [7, 11) is -3.84. The molecule has 110 valence electrons. The van der Waals surface area contributed by atoms with Crippen LogP contribution in [0.15, 0.2) is 45.9 Å². The van der Waals surface area contributed by atoms with Crippen LogP contribution in [0.25, 0.3) is 0 Å². The first-order chi connectivity index (χ1) is 9.79. The zero-order valence-corrected chi connectivity index (χ0v) is 13.4. The molecular formula is C13H12BrN3O3S. The van der Waals surface area contributed by atoms with Crippen molar-refractivity contribution in [3.8, 4) is 0 Å². The van der Waals surface area contributed by atoms with E-state index in [1.54, 1.807) is 25.1 Å². The third kappa shape index (κ3) is 3.66. The standard InChI is InChI=1S/C13H12BrN3O3S/c1-8-10(3-2-4-12(8)21(15,19)20)17-13(18)11-6-5-9(14)7-16-11/h2-7H,1H3,(H,17,18)(H2,15,19,20). The van der Waals surface area contributed by atoms with Crippen molar-refractivity contribution in [1.29, 1.82) is 0 Å². The summed E-state index contributed by atoms with van der Waals surface area (Å²) < 4.78 is 23.6. The molecule has 6 nitrogen and oxygen atoms in total. The van der Waals surface area contributed by atoms with Crippen LogP contribution < -0.4 is 10.5 Å². The molecular weight excluding hydrogens is 358 g/mol. The van der Waals surface area contributed by atoms with Gasteiger partial charge >= 0.3 is 0 Å². The number of hydrogen-bond acceptors (Lipinski definition) is 4. The molecule has 0 unspecified atom stereocenters. The minimum atomic E-state index is -3.84. The number of primary sulfonamides is 1. The van der Waals surface area contributed by atoms with Crippen molar-refractivity contribution >= 4 is 37.5 Å². The average molecular weight is 370 g/mol. The number of nitrogens with two attached hydrogens (primary N) is 1. The van der Waals surface area contributed by atoms with E-state index in [0.717, 1.165) is 4.47 Å². The first kappa shape index (κ1) is 15.6. The van der Waals surface area contributed by atoms with Gasteiger partial charge in [0, 0.05) is 16.4 Å². The summed E-state index contributed by atoms with van der Waals surface area (Å²) in [5.41, 5.74) is 0.973. The lowest BCUT2D eigenvalue weighted by molar-refractivity contribution is 0.102. The van der Waals surface area contributed by atoms with Gasteiger partial charge < -0.3 is 5.32 Å². The number of sulfonamides is 1. The molecule has 1 aromatic carbocycles. The first-order valence-corrected chi connectivity index (χ1v) is 8.18. The molecule has 0 bridgehead atoms. The van der Waals surface area contributed by atoms with E-state index in [2.05, 4.69) is 26.2 Å². The van der Waals surface area contributed by atoms with Crippen molar-refractivity contribution in [3.63, 3.8) is 0 Å². The lowest BCUT2D eigenvalue weighted by Gasteiger charge is -2.11. The van der Waals surface area contributed by atoms with E-state index < -0.39 is 15.9 Å². The Morgan fingerprint density at radius 3 is 2.57 bits per heavy atom. The largest absolute Gasteiger partial charge is 0.320 e. The molecule has 1 aromatic heterocycles. The normalized spacial score (nSPS) is 11.2. The van der Waals surface area contributed by atoms with Crippen molar-refractivity contribution in [2.45, 2.75) is 11.8 Å². The monoisotopic (exact) mass is 369 g/mol. The number of aromatic nitrogens is 1. The van der Waals surface area contributed by atoms with Crippen LogP contribution in [0.4, 0.5) is 5.69 Å². The fraction of sp³-hybridized carbons (Fsp3) is 0.0769. The third-order valence-corrected chi connectivity index (χ3v) is 4.32. The zero-order valence-electron chi connectivity index (χ0n) is 11.0. The van der Waals surface area contributed by atoms with Crippen LogP contribution in [0.3, 0.4) is 0 Å². The Morgan fingerprint density at radius 1 is 1.29 bits per heavy atom. The van der Waals surface area contributed by atoms with Gasteiger partial charge in [-0.3, -0.25) is 4.79 Å². The van der Waals surface area contributed by atoms with Gasteiger partial charge in [0.25, 0.3) is 5.91 Å². The van der Waals surface area contributed by atoms with Gasteiger partial charge in [-0.15, -0.1) is 0 Å². The molecule has 0 aliphatic heterocycles. The number of rotatable bonds is 3. The maximum Gasteiger partial charge on any atom is 0.274 e. The van der Waals surface area contributed by atoms with Gasteiger partial charge in [0.1, 0.15) is 5.69 Å². The van der Waals surface area contributed by atoms with Gasteiger partial charge in [-0.25, -0.2) is 18.5 Å². The van der Waals surface area contributed by atoms with Gasteiger partial charge in [-0.05, 0) is 52.7 Å². The quantitative estimate of drug-likeness (QED) is 0.863. The van der Waals surface area contributed by atoms with Crippen LogP contribution in [0.5, 0.6) is 0 Å². The number of nitrogens with zero attached hydrogens (tertiary/aromatic N) is 1. The smallest absolute Gasteiger partial charge is 0.274 e. The molecule has 0 spiro atoms. The summed E-state index contributed by atoms with van der Waals surface area (Å²) in [6, 6.07) is 7.74. The van der Waals surface area contributed by atoms with Gasteiger partial charge in [-0.1, -0.05) is 6.07 Å². The predicted molar refractivity (Wildman–Crippen MR) is 82.4 cm³/mol. The highest BCUT2D eigenvalue weighted by molar-refractivity contribution is 9.10. The summed E-state index contributed by atoms with van der Waals surface area (Å²) >= 11 is 3.23. The Labute approximate surface area is 130 Å². The number of hydrogen-bond donors (Lipinski definition) is 2. The number of amides is 1. The number of carbonyl (C=O) groups excluding carboxylic acids is 1. The highest BCUT2D eigenvalue weighted by Crippen LogP contribution is 2.22. The predicted octanol–water partition coefficient (Wildman–Crippen LogP) is 2.05. The highest BCUT2D eigenvalue weighted by Gasteiger charge is 2.16. The van der Waals surface area contributed by atoms with Gasteiger partial charge in [-0.2, -0.15) is 0 Å². The lowest BCUT2D eigenvalue weighted by atomic mass is 10.2. The fourth-order valence-corrected chi connectivity index (χ4v) is 2.79. The zero-order chi connectivity index (χ0) is 15.6. The van der Waals surface area contributed by atoms with Gasteiger partial charge in [0.2, 0.25) is 10.0 Å². The Kier molecular flexibility index (Phi) is 4.40. The molecule has 1 amide bonds. The first-order valence-electron chi connectivity index (χ1n) is 5.84. The molecule has 21 heavy (non-hydrogen) atoms. The van der Waals surface area contributed by atoms with Crippen molar-refractivity contribution in [1.82, 2.24) is 4.98 Å². The van der Waals surface area contributed by atoms with Crippen molar-refractivity contribution in [3.05, 3.63) is 52.3 Å². The molecule has 8 heteroatoms. The van der Waals surface area contributed by atoms with Crippen molar-refractivity contribution in [2.75, 3.05) is 5.32 Å². The summed E-state index contributed by atoms with van der Waals surface area (Å²) in [6.07, 6.45) is 1.50. The SMILES string of the molecule is Cc1c(NC(=O)c2ccc(Br)cn2)cccc1S(N)(=O)=O. The van der Waals surface area contributed by atoms with E-state index in [9.17, 15) is 13.2 Å². The molecule has 1 heterocycles. The van der Waals surface area contributed by atoms with Crippen LogP contribution in [0, 0.1) is 6.92 Å². The van der Waals surface area contributed by atoms with Crippen molar-refractivity contribution in [2.24, 2.45) is 5.14 Å². The lowest BCUT2D eigenvalue weighted by Crippen LogP contribution is -2.17. The number of pyridine rings is 1. The molecule has 0 fully saturated rings. The number of carbonyl (C=O) groups is 1. The second-order valence-corrected chi connectivity index (χ2v) is 6.74. The van der Waals surface area contributed by atoms with Crippen LogP contribution >= 0.6 is 15.9 Å². The molecule has 0 atom stereocenters. The minimum Gasteiger partial charge on any atom is -0.320 e. The van der Waals surface area contributed by atoms with E-state index >= 15 is 0 Å². The Balaban J connectivity index is 2.32.